The fourth-order valence-corrected chi connectivity index (χ4v) is 1.75. The molecule has 0 N–H and O–H groups in total. The van der Waals surface area contributed by atoms with E-state index in [2.05, 4.69) is 26.1 Å². The van der Waals surface area contributed by atoms with Gasteiger partial charge in [-0.1, -0.05) is 13.8 Å². The largest absolute Gasteiger partial charge is 1.00 e. The molecule has 0 saturated carbocycles. The number of ether oxygens (including phenoxy) is 1. The molecule has 1 rings (SSSR count). The number of halogens is 1. The minimum Gasteiger partial charge on any atom is -1.00 e. The molecule has 0 saturated heterocycles. The fourth-order valence-electron chi connectivity index (χ4n) is 1.75. The number of nitrogens with zero attached hydrogens (tertiary/aromatic N) is 1. The van der Waals surface area contributed by atoms with E-state index in [9.17, 15) is 4.79 Å². The van der Waals surface area contributed by atoms with E-state index in [-0.39, 0.29) is 24.6 Å². The lowest BCUT2D eigenvalue weighted by molar-refractivity contribution is -0.753. The Labute approximate surface area is 128 Å². The molecule has 0 aliphatic rings. The number of hydrogen-bond donors (Lipinski definition) is 0. The summed E-state index contributed by atoms with van der Waals surface area (Å²) in [6.07, 6.45) is 4.74. The molecule has 0 radical (unpaired) electrons. The molecule has 4 heteroatoms. The Balaban J connectivity index is 0.00000361. The topological polar surface area (TPSA) is 30.2 Å². The van der Waals surface area contributed by atoms with Crippen molar-refractivity contribution >= 4 is 5.97 Å². The molecule has 1 heterocycles. The number of esters is 1. The normalized spacial score (nSPS) is 12.8. The molecule has 0 bridgehead atoms. The van der Waals surface area contributed by atoms with Crippen molar-refractivity contribution in [2.24, 2.45) is 11.3 Å². The first kappa shape index (κ1) is 18.9. The van der Waals surface area contributed by atoms with Crippen molar-refractivity contribution < 1.29 is 26.5 Å². The maximum absolute atomic E-state index is 11.9. The summed E-state index contributed by atoms with van der Waals surface area (Å²) in [5, 5.41) is 0. The average molecular weight is 300 g/mol. The zero-order valence-electron chi connectivity index (χ0n) is 13.3. The van der Waals surface area contributed by atoms with Crippen LogP contribution in [0.15, 0.2) is 24.5 Å². The molecule has 114 valence electrons. The quantitative estimate of drug-likeness (QED) is 0.591. The third-order valence-corrected chi connectivity index (χ3v) is 2.84. The van der Waals surface area contributed by atoms with Crippen LogP contribution < -0.4 is 17.0 Å². The van der Waals surface area contributed by atoms with Crippen molar-refractivity contribution in [3.05, 3.63) is 30.1 Å². The Hall–Kier alpha value is -1.09. The second-order valence-corrected chi connectivity index (χ2v) is 6.51. The van der Waals surface area contributed by atoms with E-state index in [1.807, 2.05) is 44.5 Å². The van der Waals surface area contributed by atoms with Crippen molar-refractivity contribution in [2.75, 3.05) is 0 Å². The molecule has 1 aromatic heterocycles. The summed E-state index contributed by atoms with van der Waals surface area (Å²) in [6, 6.07) is 4.11. The predicted molar refractivity (Wildman–Crippen MR) is 75.4 cm³/mol. The minimum atomic E-state index is -0.468. The molecule has 0 aliphatic carbocycles. The highest BCUT2D eigenvalue weighted by Crippen LogP contribution is 2.17. The SMILES string of the molecule is CC(C)Cc1ccc[n+](C(C)OC(=O)C(C)(C)C)c1.[Cl-]. The van der Waals surface area contributed by atoms with E-state index in [4.69, 9.17) is 4.74 Å². The maximum Gasteiger partial charge on any atom is 0.316 e. The molecule has 1 aromatic rings. The fraction of sp³-hybridized carbons (Fsp3) is 0.625. The molecule has 20 heavy (non-hydrogen) atoms. The summed E-state index contributed by atoms with van der Waals surface area (Å²) in [7, 11) is 0. The summed E-state index contributed by atoms with van der Waals surface area (Å²) in [5.74, 6) is 0.435. The number of carbonyl (C=O) groups is 1. The van der Waals surface area contributed by atoms with E-state index >= 15 is 0 Å². The van der Waals surface area contributed by atoms with Gasteiger partial charge in [-0.25, -0.2) is 0 Å². The average Bonchev–Trinajstić information content (AvgIpc) is 2.27. The molecule has 3 nitrogen and oxygen atoms in total. The van der Waals surface area contributed by atoms with E-state index in [0.717, 1.165) is 6.42 Å². The van der Waals surface area contributed by atoms with Gasteiger partial charge < -0.3 is 17.1 Å². The predicted octanol–water partition coefficient (Wildman–Crippen LogP) is 0.284. The van der Waals surface area contributed by atoms with Crippen LogP contribution in [0.25, 0.3) is 0 Å². The summed E-state index contributed by atoms with van der Waals surface area (Å²) in [4.78, 5) is 11.9. The number of aromatic nitrogens is 1. The number of hydrogen-bond acceptors (Lipinski definition) is 2. The van der Waals surface area contributed by atoms with Gasteiger partial charge in [0.2, 0.25) is 0 Å². The van der Waals surface area contributed by atoms with Crippen molar-refractivity contribution in [3.8, 4) is 0 Å². The molecule has 1 unspecified atom stereocenters. The highest BCUT2D eigenvalue weighted by molar-refractivity contribution is 5.75. The number of pyridine rings is 1. The maximum atomic E-state index is 11.9. The summed E-state index contributed by atoms with van der Waals surface area (Å²) in [5.41, 5.74) is 0.792. The van der Waals surface area contributed by atoms with Gasteiger partial charge in [-0.15, -0.1) is 0 Å². The van der Waals surface area contributed by atoms with Crippen molar-refractivity contribution in [1.29, 1.82) is 0 Å². The number of carbonyl (C=O) groups excluding carboxylic acids is 1. The van der Waals surface area contributed by atoms with Crippen LogP contribution in [0.4, 0.5) is 0 Å². The summed E-state index contributed by atoms with van der Waals surface area (Å²) >= 11 is 0. The zero-order chi connectivity index (χ0) is 14.6. The van der Waals surface area contributed by atoms with Crippen molar-refractivity contribution in [2.45, 2.75) is 54.2 Å². The minimum absolute atomic E-state index is 0. The monoisotopic (exact) mass is 299 g/mol. The third kappa shape index (κ3) is 5.91. The van der Waals surface area contributed by atoms with Crippen molar-refractivity contribution in [3.63, 3.8) is 0 Å². The standard InChI is InChI=1S/C16H26NO2.ClH/c1-12(2)10-14-8-7-9-17(11-14)13(3)19-15(18)16(4,5)6;/h7-9,11-13H,10H2,1-6H3;1H/q+1;/p-1. The van der Waals surface area contributed by atoms with Crippen molar-refractivity contribution in [1.82, 2.24) is 0 Å². The summed E-state index contributed by atoms with van der Waals surface area (Å²) in [6.45, 7) is 11.9. The molecule has 0 fully saturated rings. The Morgan fingerprint density at radius 1 is 1.30 bits per heavy atom. The molecular weight excluding hydrogens is 274 g/mol. The van der Waals surface area contributed by atoms with E-state index in [0.29, 0.717) is 5.92 Å². The highest BCUT2D eigenvalue weighted by Gasteiger charge is 2.27. The van der Waals surface area contributed by atoms with Crippen LogP contribution in [-0.4, -0.2) is 5.97 Å². The molecular formula is C16H26ClNO2. The van der Waals surface area contributed by atoms with Gasteiger partial charge in [0, 0.05) is 18.6 Å². The van der Waals surface area contributed by atoms with Gasteiger partial charge in [0.25, 0.3) is 0 Å². The lowest BCUT2D eigenvalue weighted by atomic mass is 9.97. The lowest BCUT2D eigenvalue weighted by Gasteiger charge is -2.18. The Kier molecular flexibility index (Phi) is 7.21. The number of rotatable bonds is 4. The smallest absolute Gasteiger partial charge is 0.316 e. The molecule has 0 spiro atoms. The second kappa shape index (κ2) is 7.63. The third-order valence-electron chi connectivity index (χ3n) is 2.84. The molecule has 1 atom stereocenters. The molecule has 0 aliphatic heterocycles. The van der Waals surface area contributed by atoms with Crippen LogP contribution in [0.3, 0.4) is 0 Å². The lowest BCUT2D eigenvalue weighted by Crippen LogP contribution is -3.00. The van der Waals surface area contributed by atoms with Gasteiger partial charge in [0.15, 0.2) is 12.4 Å². The first-order valence-electron chi connectivity index (χ1n) is 6.91. The van der Waals surface area contributed by atoms with Gasteiger partial charge in [-0.05, 0) is 39.2 Å². The molecule has 0 aromatic carbocycles. The highest BCUT2D eigenvalue weighted by atomic mass is 35.5. The van der Waals surface area contributed by atoms with Gasteiger partial charge in [0.05, 0.1) is 5.41 Å². The Morgan fingerprint density at radius 2 is 1.90 bits per heavy atom. The van der Waals surface area contributed by atoms with Crippen LogP contribution in [0.2, 0.25) is 0 Å². The Morgan fingerprint density at radius 3 is 2.40 bits per heavy atom. The van der Waals surface area contributed by atoms with Crippen LogP contribution in [0.1, 0.15) is 53.3 Å². The van der Waals surface area contributed by atoms with Gasteiger partial charge in [0.1, 0.15) is 0 Å². The second-order valence-electron chi connectivity index (χ2n) is 6.51. The summed E-state index contributed by atoms with van der Waals surface area (Å²) < 4.78 is 7.43. The van der Waals surface area contributed by atoms with Crippen LogP contribution in [-0.2, 0) is 16.0 Å². The Bertz CT molecular complexity index is 438. The van der Waals surface area contributed by atoms with Gasteiger partial charge in [-0.3, -0.25) is 4.79 Å². The molecule has 0 amide bonds. The zero-order valence-corrected chi connectivity index (χ0v) is 14.1. The van der Waals surface area contributed by atoms with Crippen LogP contribution in [0, 0.1) is 11.3 Å². The van der Waals surface area contributed by atoms with Crippen LogP contribution in [0.5, 0.6) is 0 Å². The first-order chi connectivity index (χ1) is 8.70. The van der Waals surface area contributed by atoms with Crippen LogP contribution >= 0.6 is 0 Å². The van der Waals surface area contributed by atoms with Gasteiger partial charge >= 0.3 is 12.2 Å². The van der Waals surface area contributed by atoms with E-state index < -0.39 is 5.41 Å². The van der Waals surface area contributed by atoms with E-state index in [1.54, 1.807) is 0 Å². The first-order valence-corrected chi connectivity index (χ1v) is 6.91. The van der Waals surface area contributed by atoms with Gasteiger partial charge in [-0.2, -0.15) is 4.57 Å². The van der Waals surface area contributed by atoms with E-state index in [1.165, 1.54) is 5.56 Å².